The molecular weight excluding hydrogens is 250 g/mol. The molecule has 0 aromatic carbocycles. The molecule has 1 aliphatic heterocycles. The van der Waals surface area contributed by atoms with E-state index >= 15 is 0 Å². The van der Waals surface area contributed by atoms with E-state index in [9.17, 15) is 0 Å². The Labute approximate surface area is 124 Å². The van der Waals surface area contributed by atoms with Crippen LogP contribution in [0, 0.1) is 5.92 Å². The molecule has 1 atom stereocenters. The fourth-order valence-electron chi connectivity index (χ4n) is 3.42. The standard InChI is InChI=1S/C17H33NO2/c1-4-15-7-9-17(10-8-15,13-18-14(2)3)20-12-16-6-5-11-19-16/h14-16,18H,4-13H2,1-3H3. The van der Waals surface area contributed by atoms with Gasteiger partial charge in [0, 0.05) is 19.2 Å². The molecule has 0 amide bonds. The largest absolute Gasteiger partial charge is 0.376 e. The van der Waals surface area contributed by atoms with Gasteiger partial charge in [0.1, 0.15) is 0 Å². The second-order valence-electron chi connectivity index (χ2n) is 7.02. The highest BCUT2D eigenvalue weighted by Crippen LogP contribution is 2.36. The topological polar surface area (TPSA) is 30.5 Å². The fraction of sp³-hybridized carbons (Fsp3) is 1.00. The molecule has 1 aliphatic carbocycles. The third-order valence-electron chi connectivity index (χ3n) is 5.03. The van der Waals surface area contributed by atoms with Crippen molar-refractivity contribution >= 4 is 0 Å². The first-order chi connectivity index (χ1) is 9.63. The maximum atomic E-state index is 6.41. The molecule has 1 N–H and O–H groups in total. The number of nitrogens with one attached hydrogen (secondary N) is 1. The maximum Gasteiger partial charge on any atom is 0.0809 e. The van der Waals surface area contributed by atoms with Crippen molar-refractivity contribution in [2.45, 2.75) is 83.5 Å². The van der Waals surface area contributed by atoms with Gasteiger partial charge in [-0.15, -0.1) is 0 Å². The minimum Gasteiger partial charge on any atom is -0.376 e. The lowest BCUT2D eigenvalue weighted by atomic mass is 9.77. The number of ether oxygens (including phenoxy) is 2. The summed E-state index contributed by atoms with van der Waals surface area (Å²) in [6.45, 7) is 9.45. The molecule has 0 spiro atoms. The fourth-order valence-corrected chi connectivity index (χ4v) is 3.42. The van der Waals surface area contributed by atoms with E-state index in [1.165, 1.54) is 44.9 Å². The molecule has 3 heteroatoms. The molecule has 2 rings (SSSR count). The van der Waals surface area contributed by atoms with Crippen LogP contribution in [0.2, 0.25) is 0 Å². The van der Waals surface area contributed by atoms with Crippen LogP contribution in [0.15, 0.2) is 0 Å². The second kappa shape index (κ2) is 7.77. The van der Waals surface area contributed by atoms with Gasteiger partial charge >= 0.3 is 0 Å². The van der Waals surface area contributed by atoms with Crippen LogP contribution in [0.1, 0.15) is 65.7 Å². The summed E-state index contributed by atoms with van der Waals surface area (Å²) in [5.41, 5.74) is 0.0574. The average Bonchev–Trinajstić information content (AvgIpc) is 2.97. The Kier molecular flexibility index (Phi) is 6.31. The molecule has 1 heterocycles. The van der Waals surface area contributed by atoms with Crippen molar-refractivity contribution in [3.63, 3.8) is 0 Å². The quantitative estimate of drug-likeness (QED) is 0.775. The lowest BCUT2D eigenvalue weighted by Gasteiger charge is -2.41. The first-order valence-electron chi connectivity index (χ1n) is 8.62. The van der Waals surface area contributed by atoms with Crippen LogP contribution in [0.3, 0.4) is 0 Å². The summed E-state index contributed by atoms with van der Waals surface area (Å²) < 4.78 is 12.1. The average molecular weight is 283 g/mol. The summed E-state index contributed by atoms with van der Waals surface area (Å²) in [7, 11) is 0. The van der Waals surface area contributed by atoms with Crippen molar-refractivity contribution in [3.8, 4) is 0 Å². The molecular formula is C17H33NO2. The second-order valence-corrected chi connectivity index (χ2v) is 7.02. The third kappa shape index (κ3) is 4.71. The smallest absolute Gasteiger partial charge is 0.0809 e. The molecule has 1 saturated heterocycles. The molecule has 1 unspecified atom stereocenters. The van der Waals surface area contributed by atoms with Gasteiger partial charge in [-0.3, -0.25) is 0 Å². The Balaban J connectivity index is 1.85. The first kappa shape index (κ1) is 16.3. The first-order valence-corrected chi connectivity index (χ1v) is 8.62. The predicted octanol–water partition coefficient (Wildman–Crippen LogP) is 3.52. The van der Waals surface area contributed by atoms with Gasteiger partial charge in [-0.05, 0) is 44.4 Å². The van der Waals surface area contributed by atoms with Crippen molar-refractivity contribution in [2.24, 2.45) is 5.92 Å². The highest BCUT2D eigenvalue weighted by atomic mass is 16.5. The van der Waals surface area contributed by atoms with Gasteiger partial charge in [0.25, 0.3) is 0 Å². The van der Waals surface area contributed by atoms with Crippen molar-refractivity contribution in [2.75, 3.05) is 19.8 Å². The summed E-state index contributed by atoms with van der Waals surface area (Å²) >= 11 is 0. The molecule has 0 aromatic heterocycles. The molecule has 1 saturated carbocycles. The van der Waals surface area contributed by atoms with E-state index in [2.05, 4.69) is 26.1 Å². The minimum atomic E-state index is 0.0574. The van der Waals surface area contributed by atoms with Gasteiger partial charge in [0.05, 0.1) is 18.3 Å². The van der Waals surface area contributed by atoms with E-state index in [0.717, 1.165) is 25.7 Å². The van der Waals surface area contributed by atoms with Crippen LogP contribution in [-0.4, -0.2) is 37.5 Å². The lowest BCUT2D eigenvalue weighted by Crippen LogP contribution is -2.48. The summed E-state index contributed by atoms with van der Waals surface area (Å²) in [5.74, 6) is 0.911. The lowest BCUT2D eigenvalue weighted by molar-refractivity contribution is -0.107. The third-order valence-corrected chi connectivity index (χ3v) is 5.03. The van der Waals surface area contributed by atoms with Gasteiger partial charge in [-0.25, -0.2) is 0 Å². The molecule has 0 aromatic rings. The Bertz CT molecular complexity index is 266. The monoisotopic (exact) mass is 283 g/mol. The Morgan fingerprint density at radius 2 is 2.00 bits per heavy atom. The van der Waals surface area contributed by atoms with Crippen LogP contribution in [-0.2, 0) is 9.47 Å². The molecule has 20 heavy (non-hydrogen) atoms. The summed E-state index contributed by atoms with van der Waals surface area (Å²) in [6, 6.07) is 0.530. The Morgan fingerprint density at radius 1 is 1.25 bits per heavy atom. The van der Waals surface area contributed by atoms with E-state index in [0.29, 0.717) is 12.1 Å². The predicted molar refractivity (Wildman–Crippen MR) is 83.0 cm³/mol. The Morgan fingerprint density at radius 3 is 2.55 bits per heavy atom. The van der Waals surface area contributed by atoms with Crippen molar-refractivity contribution < 1.29 is 9.47 Å². The highest BCUT2D eigenvalue weighted by Gasteiger charge is 2.36. The molecule has 118 valence electrons. The molecule has 2 aliphatic rings. The van der Waals surface area contributed by atoms with E-state index in [1.807, 2.05) is 0 Å². The van der Waals surface area contributed by atoms with Crippen LogP contribution >= 0.6 is 0 Å². The zero-order valence-corrected chi connectivity index (χ0v) is 13.6. The zero-order chi connectivity index (χ0) is 14.4. The van der Waals surface area contributed by atoms with E-state index < -0.39 is 0 Å². The normalized spacial score (nSPS) is 34.8. The van der Waals surface area contributed by atoms with Gasteiger partial charge in [0.2, 0.25) is 0 Å². The number of rotatable bonds is 7. The van der Waals surface area contributed by atoms with Crippen LogP contribution in [0.5, 0.6) is 0 Å². The van der Waals surface area contributed by atoms with Crippen molar-refractivity contribution in [1.29, 1.82) is 0 Å². The van der Waals surface area contributed by atoms with Crippen LogP contribution in [0.25, 0.3) is 0 Å². The minimum absolute atomic E-state index is 0.0574. The zero-order valence-electron chi connectivity index (χ0n) is 13.6. The summed E-state index contributed by atoms with van der Waals surface area (Å²) in [5, 5.41) is 3.60. The van der Waals surface area contributed by atoms with E-state index in [1.54, 1.807) is 0 Å². The van der Waals surface area contributed by atoms with Gasteiger partial charge in [0.15, 0.2) is 0 Å². The maximum absolute atomic E-state index is 6.41. The number of hydrogen-bond donors (Lipinski definition) is 1. The molecule has 3 nitrogen and oxygen atoms in total. The summed E-state index contributed by atoms with van der Waals surface area (Å²) in [4.78, 5) is 0. The van der Waals surface area contributed by atoms with E-state index in [-0.39, 0.29) is 5.60 Å². The van der Waals surface area contributed by atoms with Crippen LogP contribution < -0.4 is 5.32 Å². The highest BCUT2D eigenvalue weighted by molar-refractivity contribution is 4.90. The van der Waals surface area contributed by atoms with Crippen LogP contribution in [0.4, 0.5) is 0 Å². The molecule has 0 radical (unpaired) electrons. The van der Waals surface area contributed by atoms with Crippen molar-refractivity contribution in [3.05, 3.63) is 0 Å². The van der Waals surface area contributed by atoms with Crippen molar-refractivity contribution in [1.82, 2.24) is 5.32 Å². The Hall–Kier alpha value is -0.120. The van der Waals surface area contributed by atoms with E-state index in [4.69, 9.17) is 9.47 Å². The van der Waals surface area contributed by atoms with Gasteiger partial charge in [-0.2, -0.15) is 0 Å². The van der Waals surface area contributed by atoms with Gasteiger partial charge in [-0.1, -0.05) is 27.2 Å². The SMILES string of the molecule is CCC1CCC(CNC(C)C)(OCC2CCCO2)CC1. The summed E-state index contributed by atoms with van der Waals surface area (Å²) in [6.07, 6.45) is 9.09. The number of hydrogen-bond acceptors (Lipinski definition) is 3. The van der Waals surface area contributed by atoms with Gasteiger partial charge < -0.3 is 14.8 Å². The molecule has 2 fully saturated rings. The molecule has 0 bridgehead atoms.